The molecule has 0 spiro atoms. The number of halogens is 1. The fraction of sp³-hybridized carbons (Fsp3) is 0.500. The van der Waals surface area contributed by atoms with Crippen LogP contribution in [0.25, 0.3) is 0 Å². The Labute approximate surface area is 126 Å². The van der Waals surface area contributed by atoms with Gasteiger partial charge in [0, 0.05) is 17.3 Å². The van der Waals surface area contributed by atoms with Gasteiger partial charge in [-0.3, -0.25) is 0 Å². The molecule has 0 aromatic heterocycles. The third-order valence-corrected chi connectivity index (χ3v) is 3.77. The molecule has 110 valence electrons. The van der Waals surface area contributed by atoms with Gasteiger partial charge in [0.15, 0.2) is 5.84 Å². The number of oxime groups is 1. The first-order valence-electron chi connectivity index (χ1n) is 6.59. The number of ether oxygens (including phenoxy) is 2. The minimum atomic E-state index is 0.0365. The first-order chi connectivity index (χ1) is 9.49. The number of nitrogens with zero attached hydrogens (tertiary/aromatic N) is 1. The van der Waals surface area contributed by atoms with E-state index in [1.807, 2.05) is 26.0 Å². The molecule has 1 aromatic carbocycles. The summed E-state index contributed by atoms with van der Waals surface area (Å²) in [6.45, 7) is 4.08. The maximum Gasteiger partial charge on any atom is 0.173 e. The van der Waals surface area contributed by atoms with Gasteiger partial charge in [0.1, 0.15) is 11.9 Å². The van der Waals surface area contributed by atoms with E-state index in [-0.39, 0.29) is 24.1 Å². The van der Waals surface area contributed by atoms with Crippen LogP contribution in [0, 0.1) is 0 Å². The number of hydrogen-bond donors (Lipinski definition) is 2. The molecule has 5 nitrogen and oxygen atoms in total. The highest BCUT2D eigenvalue weighted by Crippen LogP contribution is 2.28. The Morgan fingerprint density at radius 2 is 2.05 bits per heavy atom. The SMILES string of the molecule is CC1CC(Oc2ccc(Br)cc2/C(N)=N/O)CC(C)O1. The Morgan fingerprint density at radius 1 is 1.40 bits per heavy atom. The average molecular weight is 343 g/mol. The van der Waals surface area contributed by atoms with E-state index in [9.17, 15) is 0 Å². The first kappa shape index (κ1) is 15.1. The summed E-state index contributed by atoms with van der Waals surface area (Å²) < 4.78 is 12.6. The van der Waals surface area contributed by atoms with E-state index in [0.29, 0.717) is 11.3 Å². The van der Waals surface area contributed by atoms with Crippen molar-refractivity contribution >= 4 is 21.8 Å². The molecule has 2 rings (SSSR count). The van der Waals surface area contributed by atoms with Gasteiger partial charge in [0.05, 0.1) is 17.8 Å². The zero-order valence-corrected chi connectivity index (χ0v) is 13.1. The molecule has 0 radical (unpaired) electrons. The largest absolute Gasteiger partial charge is 0.489 e. The predicted molar refractivity (Wildman–Crippen MR) is 80.3 cm³/mol. The van der Waals surface area contributed by atoms with E-state index < -0.39 is 0 Å². The van der Waals surface area contributed by atoms with Gasteiger partial charge in [-0.2, -0.15) is 0 Å². The maximum atomic E-state index is 8.87. The Kier molecular flexibility index (Phi) is 4.88. The number of benzene rings is 1. The highest BCUT2D eigenvalue weighted by Gasteiger charge is 2.26. The molecule has 0 bridgehead atoms. The van der Waals surface area contributed by atoms with Crippen LogP contribution in [-0.4, -0.2) is 29.4 Å². The van der Waals surface area contributed by atoms with Crippen molar-refractivity contribution < 1.29 is 14.7 Å². The van der Waals surface area contributed by atoms with E-state index in [1.54, 1.807) is 6.07 Å². The monoisotopic (exact) mass is 342 g/mol. The summed E-state index contributed by atoms with van der Waals surface area (Å²) >= 11 is 3.37. The topological polar surface area (TPSA) is 77.1 Å². The molecule has 1 aromatic rings. The molecule has 3 N–H and O–H groups in total. The van der Waals surface area contributed by atoms with Crippen molar-refractivity contribution in [2.24, 2.45) is 10.9 Å². The third-order valence-electron chi connectivity index (χ3n) is 3.27. The molecule has 20 heavy (non-hydrogen) atoms. The lowest BCUT2D eigenvalue weighted by Crippen LogP contribution is -2.36. The molecule has 0 aliphatic carbocycles. The second-order valence-corrected chi connectivity index (χ2v) is 6.01. The fourth-order valence-electron chi connectivity index (χ4n) is 2.48. The quantitative estimate of drug-likeness (QED) is 0.383. The number of nitrogens with two attached hydrogens (primary N) is 1. The molecule has 1 fully saturated rings. The summed E-state index contributed by atoms with van der Waals surface area (Å²) in [6, 6.07) is 5.47. The van der Waals surface area contributed by atoms with E-state index in [4.69, 9.17) is 20.4 Å². The molecule has 1 aliphatic heterocycles. The van der Waals surface area contributed by atoms with Gasteiger partial charge < -0.3 is 20.4 Å². The van der Waals surface area contributed by atoms with Crippen molar-refractivity contribution in [1.82, 2.24) is 0 Å². The fourth-order valence-corrected chi connectivity index (χ4v) is 2.84. The van der Waals surface area contributed by atoms with Crippen molar-refractivity contribution in [3.8, 4) is 5.75 Å². The standard InChI is InChI=1S/C14H19BrN2O3/c1-8-5-11(6-9(2)19-8)20-13-4-3-10(15)7-12(13)14(16)17-18/h3-4,7-9,11,18H,5-6H2,1-2H3,(H2,16,17). The van der Waals surface area contributed by atoms with Crippen molar-refractivity contribution in [2.45, 2.75) is 45.0 Å². The second-order valence-electron chi connectivity index (χ2n) is 5.09. The highest BCUT2D eigenvalue weighted by molar-refractivity contribution is 9.10. The Morgan fingerprint density at radius 3 is 2.65 bits per heavy atom. The van der Waals surface area contributed by atoms with Crippen molar-refractivity contribution in [2.75, 3.05) is 0 Å². The Balaban J connectivity index is 2.20. The average Bonchev–Trinajstić information content (AvgIpc) is 2.38. The summed E-state index contributed by atoms with van der Waals surface area (Å²) in [7, 11) is 0. The lowest BCUT2D eigenvalue weighted by atomic mass is 10.0. The second kappa shape index (κ2) is 6.45. The minimum Gasteiger partial charge on any atom is -0.489 e. The van der Waals surface area contributed by atoms with Gasteiger partial charge in [-0.15, -0.1) is 0 Å². The Hall–Kier alpha value is -1.27. The number of hydrogen-bond acceptors (Lipinski definition) is 4. The van der Waals surface area contributed by atoms with Gasteiger partial charge in [0.2, 0.25) is 0 Å². The zero-order valence-electron chi connectivity index (χ0n) is 11.5. The van der Waals surface area contributed by atoms with Gasteiger partial charge in [-0.25, -0.2) is 0 Å². The van der Waals surface area contributed by atoms with Crippen LogP contribution in [0.3, 0.4) is 0 Å². The lowest BCUT2D eigenvalue weighted by Gasteiger charge is -2.32. The van der Waals surface area contributed by atoms with E-state index in [2.05, 4.69) is 21.1 Å². The Bertz CT molecular complexity index is 497. The van der Waals surface area contributed by atoms with Crippen LogP contribution in [0.2, 0.25) is 0 Å². The van der Waals surface area contributed by atoms with Crippen LogP contribution in [0.1, 0.15) is 32.3 Å². The predicted octanol–water partition coefficient (Wildman–Crippen LogP) is 2.88. The summed E-state index contributed by atoms with van der Waals surface area (Å²) in [4.78, 5) is 0. The molecule has 1 heterocycles. The normalized spacial score (nSPS) is 27.4. The van der Waals surface area contributed by atoms with Gasteiger partial charge in [-0.1, -0.05) is 21.1 Å². The van der Waals surface area contributed by atoms with E-state index >= 15 is 0 Å². The molecule has 2 atom stereocenters. The van der Waals surface area contributed by atoms with Crippen molar-refractivity contribution in [3.63, 3.8) is 0 Å². The summed E-state index contributed by atoms with van der Waals surface area (Å²) in [6.07, 6.45) is 2.07. The van der Waals surface area contributed by atoms with Crippen LogP contribution in [0.15, 0.2) is 27.8 Å². The van der Waals surface area contributed by atoms with Gasteiger partial charge in [0.25, 0.3) is 0 Å². The smallest absolute Gasteiger partial charge is 0.173 e. The maximum absolute atomic E-state index is 8.87. The van der Waals surface area contributed by atoms with E-state index in [1.165, 1.54) is 0 Å². The van der Waals surface area contributed by atoms with Gasteiger partial charge in [-0.05, 0) is 32.0 Å². The molecular weight excluding hydrogens is 324 g/mol. The molecule has 1 aliphatic rings. The first-order valence-corrected chi connectivity index (χ1v) is 7.38. The lowest BCUT2D eigenvalue weighted by molar-refractivity contribution is -0.0721. The number of rotatable bonds is 3. The summed E-state index contributed by atoms with van der Waals surface area (Å²) in [5.41, 5.74) is 6.28. The molecule has 6 heteroatoms. The van der Waals surface area contributed by atoms with Crippen LogP contribution >= 0.6 is 15.9 Å². The molecule has 1 saturated heterocycles. The minimum absolute atomic E-state index is 0.0365. The van der Waals surface area contributed by atoms with Crippen LogP contribution in [0.5, 0.6) is 5.75 Å². The van der Waals surface area contributed by atoms with Crippen molar-refractivity contribution in [3.05, 3.63) is 28.2 Å². The van der Waals surface area contributed by atoms with Crippen LogP contribution < -0.4 is 10.5 Å². The highest BCUT2D eigenvalue weighted by atomic mass is 79.9. The number of amidine groups is 1. The summed E-state index contributed by atoms with van der Waals surface area (Å²) in [5, 5.41) is 11.9. The van der Waals surface area contributed by atoms with Crippen LogP contribution in [0.4, 0.5) is 0 Å². The summed E-state index contributed by atoms with van der Waals surface area (Å²) in [5.74, 6) is 0.657. The molecular formula is C14H19BrN2O3. The molecule has 0 amide bonds. The molecule has 2 unspecified atom stereocenters. The zero-order chi connectivity index (χ0) is 14.7. The molecule has 0 saturated carbocycles. The van der Waals surface area contributed by atoms with Gasteiger partial charge >= 0.3 is 0 Å². The third kappa shape index (κ3) is 3.64. The van der Waals surface area contributed by atoms with E-state index in [0.717, 1.165) is 17.3 Å². The van der Waals surface area contributed by atoms with Crippen LogP contribution in [-0.2, 0) is 4.74 Å². The van der Waals surface area contributed by atoms with Crippen molar-refractivity contribution in [1.29, 1.82) is 0 Å².